The molecule has 2 amide bonds. The van der Waals surface area contributed by atoms with Crippen LogP contribution in [0.15, 0.2) is 54.7 Å². The quantitative estimate of drug-likeness (QED) is 0.760. The minimum Gasteiger partial charge on any atom is -0.495 e. The van der Waals surface area contributed by atoms with E-state index in [0.29, 0.717) is 18.0 Å². The lowest BCUT2D eigenvalue weighted by atomic mass is 10.1. The standard InChI is InChI=1S/C20H19N3O3/c1-26-18-8-3-2-7-17(18)23-12-13(11-19(23)24)20(25)22-16-6-4-5-15-14(16)9-10-21-15/h2-10,13,21H,11-12H2,1H3,(H,22,25). The number of methoxy groups -OCH3 is 1. The van der Waals surface area contributed by atoms with Crippen molar-refractivity contribution in [2.75, 3.05) is 23.9 Å². The van der Waals surface area contributed by atoms with Crippen molar-refractivity contribution in [2.45, 2.75) is 6.42 Å². The van der Waals surface area contributed by atoms with Crippen LogP contribution in [0.2, 0.25) is 0 Å². The number of carbonyl (C=O) groups excluding carboxylic acids is 2. The van der Waals surface area contributed by atoms with Crippen molar-refractivity contribution in [2.24, 2.45) is 5.92 Å². The van der Waals surface area contributed by atoms with Gasteiger partial charge in [0.1, 0.15) is 5.75 Å². The molecule has 1 aliphatic rings. The minimum atomic E-state index is -0.401. The van der Waals surface area contributed by atoms with Crippen LogP contribution in [0, 0.1) is 5.92 Å². The summed E-state index contributed by atoms with van der Waals surface area (Å²) in [7, 11) is 1.57. The van der Waals surface area contributed by atoms with Gasteiger partial charge in [-0.15, -0.1) is 0 Å². The second kappa shape index (κ2) is 6.55. The summed E-state index contributed by atoms with van der Waals surface area (Å²) in [6.07, 6.45) is 2.02. The van der Waals surface area contributed by atoms with E-state index in [2.05, 4.69) is 10.3 Å². The molecule has 6 nitrogen and oxygen atoms in total. The van der Waals surface area contributed by atoms with Crippen LogP contribution in [0.25, 0.3) is 10.9 Å². The molecule has 0 spiro atoms. The van der Waals surface area contributed by atoms with E-state index in [1.807, 2.05) is 54.7 Å². The van der Waals surface area contributed by atoms with Gasteiger partial charge in [0.2, 0.25) is 11.8 Å². The largest absolute Gasteiger partial charge is 0.495 e. The number of nitrogens with zero attached hydrogens (tertiary/aromatic N) is 1. The number of hydrogen-bond acceptors (Lipinski definition) is 3. The van der Waals surface area contributed by atoms with E-state index in [1.54, 1.807) is 12.0 Å². The second-order valence-corrected chi connectivity index (χ2v) is 6.31. The molecule has 1 fully saturated rings. The van der Waals surface area contributed by atoms with E-state index >= 15 is 0 Å². The van der Waals surface area contributed by atoms with Crippen molar-refractivity contribution < 1.29 is 14.3 Å². The highest BCUT2D eigenvalue weighted by Gasteiger charge is 2.36. The molecule has 1 unspecified atom stereocenters. The number of aromatic amines is 1. The van der Waals surface area contributed by atoms with E-state index in [9.17, 15) is 9.59 Å². The van der Waals surface area contributed by atoms with E-state index in [4.69, 9.17) is 4.74 Å². The number of H-pyrrole nitrogens is 1. The molecule has 1 atom stereocenters. The predicted octanol–water partition coefficient (Wildman–Crippen LogP) is 3.17. The van der Waals surface area contributed by atoms with Gasteiger partial charge in [-0.25, -0.2) is 0 Å². The number of carbonyl (C=O) groups is 2. The van der Waals surface area contributed by atoms with Crippen molar-refractivity contribution in [3.8, 4) is 5.75 Å². The molecule has 0 saturated carbocycles. The van der Waals surface area contributed by atoms with Crippen molar-refractivity contribution in [3.63, 3.8) is 0 Å². The van der Waals surface area contributed by atoms with Gasteiger partial charge in [-0.05, 0) is 30.3 Å². The third kappa shape index (κ3) is 2.79. The summed E-state index contributed by atoms with van der Waals surface area (Å²) in [5.41, 5.74) is 2.40. The Morgan fingerprint density at radius 1 is 1.19 bits per heavy atom. The van der Waals surface area contributed by atoms with Gasteiger partial charge >= 0.3 is 0 Å². The van der Waals surface area contributed by atoms with Crippen LogP contribution < -0.4 is 15.0 Å². The van der Waals surface area contributed by atoms with Gasteiger partial charge in [0.05, 0.1) is 24.4 Å². The fourth-order valence-electron chi connectivity index (χ4n) is 3.40. The van der Waals surface area contributed by atoms with Gasteiger partial charge in [-0.2, -0.15) is 0 Å². The fraction of sp³-hybridized carbons (Fsp3) is 0.200. The second-order valence-electron chi connectivity index (χ2n) is 6.31. The normalized spacial score (nSPS) is 16.9. The molecule has 1 aliphatic heterocycles. The summed E-state index contributed by atoms with van der Waals surface area (Å²) < 4.78 is 5.34. The zero-order valence-electron chi connectivity index (χ0n) is 14.4. The maximum atomic E-state index is 12.7. The Bertz CT molecular complexity index is 979. The number of ether oxygens (including phenoxy) is 1. The first-order valence-electron chi connectivity index (χ1n) is 8.47. The van der Waals surface area contributed by atoms with Crippen LogP contribution in [0.4, 0.5) is 11.4 Å². The Hall–Kier alpha value is -3.28. The zero-order chi connectivity index (χ0) is 18.1. The summed E-state index contributed by atoms with van der Waals surface area (Å²) in [4.78, 5) is 29.9. The number of amides is 2. The van der Waals surface area contributed by atoms with Gasteiger partial charge in [0, 0.05) is 30.1 Å². The van der Waals surface area contributed by atoms with Gasteiger partial charge in [0.15, 0.2) is 0 Å². The molecule has 4 rings (SSSR count). The zero-order valence-corrected chi connectivity index (χ0v) is 14.4. The van der Waals surface area contributed by atoms with Crippen LogP contribution in [-0.4, -0.2) is 30.5 Å². The fourth-order valence-corrected chi connectivity index (χ4v) is 3.40. The summed E-state index contributed by atoms with van der Waals surface area (Å²) in [6.45, 7) is 0.341. The third-order valence-corrected chi connectivity index (χ3v) is 4.72. The van der Waals surface area contributed by atoms with Gasteiger partial charge in [-0.3, -0.25) is 9.59 Å². The number of fused-ring (bicyclic) bond motifs is 1. The molecule has 2 aromatic carbocycles. The maximum Gasteiger partial charge on any atom is 0.229 e. The smallest absolute Gasteiger partial charge is 0.229 e. The van der Waals surface area contributed by atoms with E-state index in [0.717, 1.165) is 16.6 Å². The summed E-state index contributed by atoms with van der Waals surface area (Å²) in [5.74, 6) is -0.000407. The molecule has 0 aliphatic carbocycles. The highest BCUT2D eigenvalue weighted by molar-refractivity contribution is 6.07. The highest BCUT2D eigenvalue weighted by atomic mass is 16.5. The van der Waals surface area contributed by atoms with Gasteiger partial charge in [0.25, 0.3) is 0 Å². The van der Waals surface area contributed by atoms with Crippen LogP contribution >= 0.6 is 0 Å². The number of anilines is 2. The van der Waals surface area contributed by atoms with Crippen LogP contribution in [0.1, 0.15) is 6.42 Å². The van der Waals surface area contributed by atoms with Crippen molar-refractivity contribution >= 4 is 34.1 Å². The Kier molecular flexibility index (Phi) is 4.08. The van der Waals surface area contributed by atoms with E-state index in [1.165, 1.54) is 0 Å². The lowest BCUT2D eigenvalue weighted by molar-refractivity contribution is -0.122. The highest BCUT2D eigenvalue weighted by Crippen LogP contribution is 2.33. The molecule has 2 N–H and O–H groups in total. The Morgan fingerprint density at radius 2 is 2.04 bits per heavy atom. The van der Waals surface area contributed by atoms with E-state index < -0.39 is 5.92 Å². The van der Waals surface area contributed by atoms with Crippen LogP contribution in [0.5, 0.6) is 5.75 Å². The van der Waals surface area contributed by atoms with Crippen LogP contribution in [-0.2, 0) is 9.59 Å². The molecule has 6 heteroatoms. The summed E-state index contributed by atoms with van der Waals surface area (Å²) >= 11 is 0. The van der Waals surface area contributed by atoms with E-state index in [-0.39, 0.29) is 18.2 Å². The molecular weight excluding hydrogens is 330 g/mol. The third-order valence-electron chi connectivity index (χ3n) is 4.72. The molecule has 2 heterocycles. The maximum absolute atomic E-state index is 12.7. The first-order chi connectivity index (χ1) is 12.7. The minimum absolute atomic E-state index is 0.0745. The monoisotopic (exact) mass is 349 g/mol. The van der Waals surface area contributed by atoms with Gasteiger partial charge in [-0.1, -0.05) is 18.2 Å². The van der Waals surface area contributed by atoms with Gasteiger partial charge < -0.3 is 19.9 Å². The summed E-state index contributed by atoms with van der Waals surface area (Å²) in [6, 6.07) is 15.0. The molecule has 1 saturated heterocycles. The Morgan fingerprint density at radius 3 is 2.88 bits per heavy atom. The summed E-state index contributed by atoms with van der Waals surface area (Å²) in [5, 5.41) is 3.92. The number of rotatable bonds is 4. The molecular formula is C20H19N3O3. The van der Waals surface area contributed by atoms with Crippen molar-refractivity contribution in [3.05, 3.63) is 54.7 Å². The lowest BCUT2D eigenvalue weighted by Crippen LogP contribution is -2.28. The number of para-hydroxylation sites is 2. The molecule has 1 aromatic heterocycles. The molecule has 132 valence electrons. The lowest BCUT2D eigenvalue weighted by Gasteiger charge is -2.19. The molecule has 26 heavy (non-hydrogen) atoms. The number of benzene rings is 2. The topological polar surface area (TPSA) is 74.4 Å². The molecule has 3 aromatic rings. The molecule has 0 radical (unpaired) electrons. The Labute approximate surface area is 150 Å². The van der Waals surface area contributed by atoms with Crippen LogP contribution in [0.3, 0.4) is 0 Å². The van der Waals surface area contributed by atoms with Crippen molar-refractivity contribution in [1.29, 1.82) is 0 Å². The SMILES string of the molecule is COc1ccccc1N1CC(C(=O)Nc2cccc3[nH]ccc23)CC1=O. The average molecular weight is 349 g/mol. The predicted molar refractivity (Wildman–Crippen MR) is 100 cm³/mol. The molecule has 0 bridgehead atoms. The first-order valence-corrected chi connectivity index (χ1v) is 8.47. The first kappa shape index (κ1) is 16.2. The average Bonchev–Trinajstić information content (AvgIpc) is 3.29. The number of hydrogen-bond donors (Lipinski definition) is 2. The number of nitrogens with one attached hydrogen (secondary N) is 2. The Balaban J connectivity index is 1.53. The number of aromatic nitrogens is 1. The van der Waals surface area contributed by atoms with Crippen molar-refractivity contribution in [1.82, 2.24) is 4.98 Å².